The summed E-state index contributed by atoms with van der Waals surface area (Å²) in [7, 11) is -3.94. The fourth-order valence-corrected chi connectivity index (χ4v) is 5.68. The molecule has 0 saturated carbocycles. The normalized spacial score (nSPS) is 12.3. The van der Waals surface area contributed by atoms with Crippen LogP contribution in [-0.2, 0) is 27.8 Å². The Kier molecular flexibility index (Phi) is 9.06. The van der Waals surface area contributed by atoms with Crippen molar-refractivity contribution < 1.29 is 17.9 Å². The highest BCUT2D eigenvalue weighted by Crippen LogP contribution is 2.21. The summed E-state index contributed by atoms with van der Waals surface area (Å²) in [5.74, 6) is 0.137. The van der Waals surface area contributed by atoms with E-state index in [4.69, 9.17) is 4.74 Å². The zero-order chi connectivity index (χ0) is 29.4. The number of hydrogen-bond donors (Lipinski definition) is 2. The highest BCUT2D eigenvalue weighted by molar-refractivity contribution is 7.89. The Morgan fingerprint density at radius 3 is 2.29 bits per heavy atom. The number of carbonyl (C=O) groups is 1. The Hall–Kier alpha value is -4.79. The van der Waals surface area contributed by atoms with Crippen molar-refractivity contribution in [3.63, 3.8) is 0 Å². The Morgan fingerprint density at radius 1 is 0.833 bits per heavy atom. The van der Waals surface area contributed by atoms with E-state index < -0.39 is 22.0 Å². The lowest BCUT2D eigenvalue weighted by atomic mass is 10.1. The lowest BCUT2D eigenvalue weighted by Crippen LogP contribution is -2.46. The molecule has 8 heteroatoms. The summed E-state index contributed by atoms with van der Waals surface area (Å²) in [5.41, 5.74) is 6.08. The van der Waals surface area contributed by atoms with Gasteiger partial charge in [-0.3, -0.25) is 4.79 Å². The number of benzene rings is 5. The fourth-order valence-electron chi connectivity index (χ4n) is 4.49. The van der Waals surface area contributed by atoms with Gasteiger partial charge in [-0.15, -0.1) is 0 Å². The topological polar surface area (TPSA) is 96.9 Å². The molecule has 7 nitrogen and oxygen atoms in total. The molecule has 42 heavy (non-hydrogen) atoms. The lowest BCUT2D eigenvalue weighted by Gasteiger charge is -2.17. The molecule has 0 aliphatic carbocycles. The van der Waals surface area contributed by atoms with Crippen molar-refractivity contribution in [3.8, 4) is 5.75 Å². The number of rotatable bonds is 11. The SMILES string of the molecule is Cc1ccc(S(=O)(=O)N[C@@H](Cc2ccccc2)C(=O)N/N=C\c2ccc(OCc3cccc4ccccc34)cc2)cc1. The van der Waals surface area contributed by atoms with Crippen molar-refractivity contribution in [1.29, 1.82) is 0 Å². The molecule has 0 aliphatic heterocycles. The van der Waals surface area contributed by atoms with Crippen molar-refractivity contribution in [1.82, 2.24) is 10.1 Å². The van der Waals surface area contributed by atoms with Gasteiger partial charge in [0.05, 0.1) is 11.1 Å². The smallest absolute Gasteiger partial charge is 0.258 e. The minimum atomic E-state index is -3.94. The Balaban J connectivity index is 1.22. The summed E-state index contributed by atoms with van der Waals surface area (Å²) in [5, 5.41) is 6.40. The van der Waals surface area contributed by atoms with Crippen LogP contribution in [0.5, 0.6) is 5.75 Å². The van der Waals surface area contributed by atoms with Crippen molar-refractivity contribution in [3.05, 3.63) is 144 Å². The van der Waals surface area contributed by atoms with E-state index in [9.17, 15) is 13.2 Å². The second-order valence-electron chi connectivity index (χ2n) is 9.91. The number of fused-ring (bicyclic) bond motifs is 1. The first-order valence-corrected chi connectivity index (χ1v) is 15.0. The molecule has 0 radical (unpaired) electrons. The molecule has 5 aromatic carbocycles. The van der Waals surface area contributed by atoms with Gasteiger partial charge in [-0.25, -0.2) is 13.8 Å². The van der Waals surface area contributed by atoms with Crippen molar-refractivity contribution in [2.24, 2.45) is 5.10 Å². The average molecular weight is 578 g/mol. The molecule has 212 valence electrons. The zero-order valence-electron chi connectivity index (χ0n) is 23.1. The molecule has 0 fully saturated rings. The van der Waals surface area contributed by atoms with Gasteiger partial charge in [-0.05, 0) is 77.2 Å². The van der Waals surface area contributed by atoms with Crippen molar-refractivity contribution in [2.75, 3.05) is 0 Å². The average Bonchev–Trinajstić information content (AvgIpc) is 3.01. The number of nitrogens with zero attached hydrogens (tertiary/aromatic N) is 1. The van der Waals surface area contributed by atoms with Gasteiger partial charge in [-0.1, -0.05) is 90.5 Å². The summed E-state index contributed by atoms with van der Waals surface area (Å²) in [6.07, 6.45) is 1.66. The highest BCUT2D eigenvalue weighted by Gasteiger charge is 2.26. The second-order valence-corrected chi connectivity index (χ2v) is 11.6. The van der Waals surface area contributed by atoms with Gasteiger partial charge < -0.3 is 4.74 Å². The van der Waals surface area contributed by atoms with Crippen LogP contribution in [0.3, 0.4) is 0 Å². The molecule has 5 rings (SSSR count). The number of aryl methyl sites for hydroxylation is 1. The van der Waals surface area contributed by atoms with Gasteiger partial charge in [-0.2, -0.15) is 9.82 Å². The van der Waals surface area contributed by atoms with E-state index in [1.165, 1.54) is 23.7 Å². The van der Waals surface area contributed by atoms with Crippen molar-refractivity contribution >= 4 is 32.9 Å². The standard InChI is InChI=1S/C34H31N3O4S/c1-25-14-20-31(21-15-25)42(39,40)37-33(22-26-8-3-2-4-9-26)34(38)36-35-23-27-16-18-30(19-17-27)41-24-29-12-7-11-28-10-5-6-13-32(28)29/h2-21,23,33,37H,22,24H2,1H3,(H,36,38)/b35-23-/t33-/m0/s1. The molecule has 0 bridgehead atoms. The largest absolute Gasteiger partial charge is 0.489 e. The van der Waals surface area contributed by atoms with E-state index in [1.54, 1.807) is 12.1 Å². The van der Waals surface area contributed by atoms with Crippen LogP contribution in [0.1, 0.15) is 22.3 Å². The third-order valence-electron chi connectivity index (χ3n) is 6.77. The quantitative estimate of drug-likeness (QED) is 0.154. The van der Waals surface area contributed by atoms with E-state index in [-0.39, 0.29) is 11.3 Å². The van der Waals surface area contributed by atoms with Gasteiger partial charge in [0.15, 0.2) is 0 Å². The van der Waals surface area contributed by atoms with Crippen LogP contribution in [0, 0.1) is 6.92 Å². The van der Waals surface area contributed by atoms with Crippen LogP contribution < -0.4 is 14.9 Å². The summed E-state index contributed by atoms with van der Waals surface area (Å²) in [6.45, 7) is 2.31. The van der Waals surface area contributed by atoms with E-state index in [0.29, 0.717) is 12.4 Å². The zero-order valence-corrected chi connectivity index (χ0v) is 23.9. The maximum absolute atomic E-state index is 13.1. The van der Waals surface area contributed by atoms with Crippen molar-refractivity contribution in [2.45, 2.75) is 30.9 Å². The van der Waals surface area contributed by atoms with Crippen LogP contribution >= 0.6 is 0 Å². The van der Waals surface area contributed by atoms with E-state index >= 15 is 0 Å². The molecule has 0 saturated heterocycles. The van der Waals surface area contributed by atoms with Crippen LogP contribution in [0.15, 0.2) is 131 Å². The molecule has 0 aliphatic rings. The first-order valence-electron chi connectivity index (χ1n) is 13.5. The maximum Gasteiger partial charge on any atom is 0.258 e. The summed E-state index contributed by atoms with van der Waals surface area (Å²) in [4.78, 5) is 13.2. The first-order chi connectivity index (χ1) is 20.4. The second kappa shape index (κ2) is 13.2. The summed E-state index contributed by atoms with van der Waals surface area (Å²) in [6, 6.07) is 36.3. The predicted molar refractivity (Wildman–Crippen MR) is 166 cm³/mol. The molecule has 0 unspecified atom stereocenters. The molecule has 0 heterocycles. The number of nitrogens with one attached hydrogen (secondary N) is 2. The van der Waals surface area contributed by atoms with Gasteiger partial charge >= 0.3 is 0 Å². The highest BCUT2D eigenvalue weighted by atomic mass is 32.2. The molecule has 0 spiro atoms. The molecular weight excluding hydrogens is 546 g/mol. The first kappa shape index (κ1) is 28.7. The van der Waals surface area contributed by atoms with Crippen LogP contribution in [0.4, 0.5) is 0 Å². The Morgan fingerprint density at radius 2 is 1.52 bits per heavy atom. The third-order valence-corrected chi connectivity index (χ3v) is 8.26. The minimum Gasteiger partial charge on any atom is -0.489 e. The Bertz CT molecular complexity index is 1780. The number of amides is 1. The monoisotopic (exact) mass is 577 g/mol. The van der Waals surface area contributed by atoms with Gasteiger partial charge in [0, 0.05) is 0 Å². The van der Waals surface area contributed by atoms with Gasteiger partial charge in [0.1, 0.15) is 18.4 Å². The lowest BCUT2D eigenvalue weighted by molar-refractivity contribution is -0.122. The van der Waals surface area contributed by atoms with Gasteiger partial charge in [0.2, 0.25) is 10.0 Å². The summed E-state index contributed by atoms with van der Waals surface area (Å²) >= 11 is 0. The number of ether oxygens (including phenoxy) is 1. The minimum absolute atomic E-state index is 0.0882. The third kappa shape index (κ3) is 7.48. The van der Waals surface area contributed by atoms with Crippen LogP contribution in [0.2, 0.25) is 0 Å². The predicted octanol–water partition coefficient (Wildman–Crippen LogP) is 5.77. The van der Waals surface area contributed by atoms with Gasteiger partial charge in [0.25, 0.3) is 5.91 Å². The number of carbonyl (C=O) groups excluding carboxylic acids is 1. The van der Waals surface area contributed by atoms with E-state index in [1.807, 2.05) is 79.7 Å². The maximum atomic E-state index is 13.1. The molecule has 2 N–H and O–H groups in total. The van der Waals surface area contributed by atoms with E-state index in [0.717, 1.165) is 27.6 Å². The fraction of sp³-hybridized carbons (Fsp3) is 0.118. The molecule has 1 amide bonds. The summed E-state index contributed by atoms with van der Waals surface area (Å²) < 4.78 is 34.6. The molecule has 0 aromatic heterocycles. The molecule has 1 atom stereocenters. The number of hydrogen-bond acceptors (Lipinski definition) is 5. The van der Waals surface area contributed by atoms with Crippen LogP contribution in [0.25, 0.3) is 10.8 Å². The molecule has 5 aromatic rings. The number of sulfonamides is 1. The number of hydrazone groups is 1. The molecular formula is C34H31N3O4S. The Labute approximate surface area is 245 Å². The van der Waals surface area contributed by atoms with E-state index in [2.05, 4.69) is 39.5 Å². The van der Waals surface area contributed by atoms with Crippen LogP contribution in [-0.4, -0.2) is 26.6 Å².